The lowest BCUT2D eigenvalue weighted by Gasteiger charge is -2.19. The van der Waals surface area contributed by atoms with E-state index in [-0.39, 0.29) is 5.69 Å². The van der Waals surface area contributed by atoms with Crippen molar-refractivity contribution in [2.45, 2.75) is 25.4 Å². The van der Waals surface area contributed by atoms with Crippen molar-refractivity contribution in [1.29, 1.82) is 0 Å². The maximum Gasteiger partial charge on any atom is 0.354 e. The number of carboxylic acid groups (broad SMARTS) is 1. The van der Waals surface area contributed by atoms with Crippen LogP contribution in [0.2, 0.25) is 0 Å². The van der Waals surface area contributed by atoms with Gasteiger partial charge in [-0.15, -0.1) is 0 Å². The van der Waals surface area contributed by atoms with Crippen LogP contribution in [0.1, 0.15) is 40.7 Å². The molecule has 74 valence electrons. The summed E-state index contributed by atoms with van der Waals surface area (Å²) in [5.41, 5.74) is 1.51. The number of hydrogen-bond acceptors (Lipinski definition) is 3. The highest BCUT2D eigenvalue weighted by Crippen LogP contribution is 2.27. The zero-order valence-electron chi connectivity index (χ0n) is 7.60. The minimum Gasteiger partial charge on any atom is -0.477 e. The molecule has 1 aromatic rings. The first-order chi connectivity index (χ1) is 6.68. The molecule has 2 rings (SSSR count). The second kappa shape index (κ2) is 3.38. The summed E-state index contributed by atoms with van der Waals surface area (Å²) in [6.45, 7) is 0. The summed E-state index contributed by atoms with van der Waals surface area (Å²) in [6.07, 6.45) is 1.88. The number of carboxylic acids is 1. The zero-order chi connectivity index (χ0) is 10.1. The van der Waals surface area contributed by atoms with Crippen molar-refractivity contribution in [3.8, 4) is 0 Å². The lowest BCUT2D eigenvalue weighted by molar-refractivity contribution is 0.0688. The number of aromatic carboxylic acids is 1. The van der Waals surface area contributed by atoms with E-state index >= 15 is 0 Å². The van der Waals surface area contributed by atoms with Crippen LogP contribution < -0.4 is 0 Å². The van der Waals surface area contributed by atoms with E-state index in [2.05, 4.69) is 4.98 Å². The average Bonchev–Trinajstić information content (AvgIpc) is 2.18. The topological polar surface area (TPSA) is 70.4 Å². The van der Waals surface area contributed by atoms with E-state index in [1.54, 1.807) is 6.07 Å². The summed E-state index contributed by atoms with van der Waals surface area (Å²) < 4.78 is 0. The average molecular weight is 193 g/mol. The summed E-state index contributed by atoms with van der Waals surface area (Å²) in [5.74, 6) is -1.05. The summed E-state index contributed by atoms with van der Waals surface area (Å²) in [6, 6.07) is 3.23. The minimum atomic E-state index is -1.05. The van der Waals surface area contributed by atoms with Crippen LogP contribution in [-0.4, -0.2) is 21.2 Å². The van der Waals surface area contributed by atoms with Gasteiger partial charge in [0.15, 0.2) is 0 Å². The van der Waals surface area contributed by atoms with Gasteiger partial charge in [-0.2, -0.15) is 0 Å². The van der Waals surface area contributed by atoms with Crippen molar-refractivity contribution in [3.05, 3.63) is 29.1 Å². The number of nitrogens with zero attached hydrogens (tertiary/aromatic N) is 1. The van der Waals surface area contributed by atoms with E-state index < -0.39 is 12.1 Å². The first-order valence-electron chi connectivity index (χ1n) is 4.59. The van der Waals surface area contributed by atoms with Crippen molar-refractivity contribution in [3.63, 3.8) is 0 Å². The quantitative estimate of drug-likeness (QED) is 0.701. The molecule has 2 N–H and O–H groups in total. The third-order valence-electron chi connectivity index (χ3n) is 2.47. The van der Waals surface area contributed by atoms with Crippen LogP contribution in [0.15, 0.2) is 12.1 Å². The van der Waals surface area contributed by atoms with E-state index in [9.17, 15) is 9.90 Å². The van der Waals surface area contributed by atoms with Gasteiger partial charge >= 0.3 is 5.97 Å². The highest BCUT2D eigenvalue weighted by molar-refractivity contribution is 5.85. The standard InChI is InChI=1S/C10H11NO3/c12-8-3-1-2-6-4-5-7(10(13)14)11-9(6)8/h4-5,8,12H,1-3H2,(H,13,14). The van der Waals surface area contributed by atoms with Crippen molar-refractivity contribution in [2.24, 2.45) is 0 Å². The van der Waals surface area contributed by atoms with Crippen molar-refractivity contribution in [2.75, 3.05) is 0 Å². The first kappa shape index (κ1) is 9.15. The van der Waals surface area contributed by atoms with E-state index in [1.807, 2.05) is 0 Å². The Labute approximate surface area is 81.2 Å². The van der Waals surface area contributed by atoms with E-state index in [1.165, 1.54) is 6.07 Å². The summed E-state index contributed by atoms with van der Waals surface area (Å²) in [7, 11) is 0. The van der Waals surface area contributed by atoms with Gasteiger partial charge in [0.25, 0.3) is 0 Å². The van der Waals surface area contributed by atoms with E-state index in [4.69, 9.17) is 5.11 Å². The summed E-state index contributed by atoms with van der Waals surface area (Å²) in [4.78, 5) is 14.6. The zero-order valence-corrected chi connectivity index (χ0v) is 7.60. The number of pyridine rings is 1. The van der Waals surface area contributed by atoms with Crippen LogP contribution in [0.25, 0.3) is 0 Å². The smallest absolute Gasteiger partial charge is 0.354 e. The molecule has 1 aliphatic rings. The molecule has 0 saturated heterocycles. The van der Waals surface area contributed by atoms with Gasteiger partial charge in [-0.25, -0.2) is 9.78 Å². The Bertz CT molecular complexity index is 376. The molecule has 0 aliphatic heterocycles. The predicted octanol–water partition coefficient (Wildman–Crippen LogP) is 1.15. The Morgan fingerprint density at radius 2 is 2.29 bits per heavy atom. The largest absolute Gasteiger partial charge is 0.477 e. The SMILES string of the molecule is O=C(O)c1ccc2c(n1)C(O)CCC2. The second-order valence-corrected chi connectivity index (χ2v) is 3.45. The van der Waals surface area contributed by atoms with Gasteiger partial charge in [-0.1, -0.05) is 6.07 Å². The highest BCUT2D eigenvalue weighted by Gasteiger charge is 2.20. The van der Waals surface area contributed by atoms with Crippen molar-refractivity contribution < 1.29 is 15.0 Å². The van der Waals surface area contributed by atoms with Crippen LogP contribution in [-0.2, 0) is 6.42 Å². The van der Waals surface area contributed by atoms with Crippen molar-refractivity contribution in [1.82, 2.24) is 4.98 Å². The fraction of sp³-hybridized carbons (Fsp3) is 0.400. The third-order valence-corrected chi connectivity index (χ3v) is 2.47. The molecular weight excluding hydrogens is 182 g/mol. The van der Waals surface area contributed by atoms with Crippen LogP contribution >= 0.6 is 0 Å². The summed E-state index contributed by atoms with van der Waals surface area (Å²) in [5, 5.41) is 18.3. The molecule has 0 aromatic carbocycles. The Balaban J connectivity index is 2.45. The maximum absolute atomic E-state index is 10.6. The Morgan fingerprint density at radius 3 is 3.00 bits per heavy atom. The van der Waals surface area contributed by atoms with Crippen LogP contribution in [0.3, 0.4) is 0 Å². The molecule has 0 fully saturated rings. The number of aromatic nitrogens is 1. The normalized spacial score (nSPS) is 20.2. The molecule has 0 bridgehead atoms. The molecule has 4 nitrogen and oxygen atoms in total. The molecule has 1 aliphatic carbocycles. The fourth-order valence-electron chi connectivity index (χ4n) is 1.75. The van der Waals surface area contributed by atoms with Gasteiger partial charge in [0.1, 0.15) is 5.69 Å². The number of rotatable bonds is 1. The first-order valence-corrected chi connectivity index (χ1v) is 4.59. The number of carbonyl (C=O) groups is 1. The summed E-state index contributed by atoms with van der Waals surface area (Å²) >= 11 is 0. The predicted molar refractivity (Wildman–Crippen MR) is 49.1 cm³/mol. The molecule has 1 atom stereocenters. The molecule has 1 unspecified atom stereocenters. The van der Waals surface area contributed by atoms with E-state index in [0.717, 1.165) is 18.4 Å². The van der Waals surface area contributed by atoms with Crippen LogP contribution in [0.4, 0.5) is 0 Å². The molecule has 1 aromatic heterocycles. The molecule has 1 heterocycles. The molecule has 14 heavy (non-hydrogen) atoms. The molecule has 0 spiro atoms. The number of aliphatic hydroxyl groups is 1. The molecule has 0 amide bonds. The van der Waals surface area contributed by atoms with Gasteiger partial charge in [0.05, 0.1) is 11.8 Å². The minimum absolute atomic E-state index is 0.00435. The fourth-order valence-corrected chi connectivity index (χ4v) is 1.75. The molecule has 0 radical (unpaired) electrons. The Kier molecular flexibility index (Phi) is 2.21. The van der Waals surface area contributed by atoms with Crippen molar-refractivity contribution >= 4 is 5.97 Å². The Hall–Kier alpha value is -1.42. The van der Waals surface area contributed by atoms with Gasteiger partial charge < -0.3 is 10.2 Å². The molecular formula is C10H11NO3. The van der Waals surface area contributed by atoms with Crippen LogP contribution in [0, 0.1) is 0 Å². The van der Waals surface area contributed by atoms with E-state index in [0.29, 0.717) is 12.1 Å². The van der Waals surface area contributed by atoms with Crippen LogP contribution in [0.5, 0.6) is 0 Å². The van der Waals surface area contributed by atoms with Gasteiger partial charge in [0.2, 0.25) is 0 Å². The highest BCUT2D eigenvalue weighted by atomic mass is 16.4. The van der Waals surface area contributed by atoms with Gasteiger partial charge in [-0.3, -0.25) is 0 Å². The third kappa shape index (κ3) is 1.48. The number of hydrogen-bond donors (Lipinski definition) is 2. The van der Waals surface area contributed by atoms with Gasteiger partial charge in [-0.05, 0) is 30.9 Å². The van der Waals surface area contributed by atoms with Gasteiger partial charge in [0, 0.05) is 0 Å². The lowest BCUT2D eigenvalue weighted by Crippen LogP contribution is -2.14. The number of aliphatic hydroxyl groups excluding tert-OH is 1. The maximum atomic E-state index is 10.6. The second-order valence-electron chi connectivity index (χ2n) is 3.45. The number of fused-ring (bicyclic) bond motifs is 1. The molecule has 0 saturated carbocycles. The molecule has 4 heteroatoms. The number of aryl methyl sites for hydroxylation is 1. The Morgan fingerprint density at radius 1 is 1.50 bits per heavy atom. The monoisotopic (exact) mass is 193 g/mol. The lowest BCUT2D eigenvalue weighted by atomic mass is 9.93.